The molecule has 0 atom stereocenters. The maximum atomic E-state index is 11.4. The number of hydrogen-bond donors (Lipinski definition) is 0. The Hall–Kier alpha value is -1.09. The third kappa shape index (κ3) is 0.975. The summed E-state index contributed by atoms with van der Waals surface area (Å²) in [5.74, 6) is 0. The summed E-state index contributed by atoms with van der Waals surface area (Å²) >= 11 is 1.31. The van der Waals surface area contributed by atoms with Crippen molar-refractivity contribution in [3.63, 3.8) is 0 Å². The maximum Gasteiger partial charge on any atom is 0.308 e. The summed E-state index contributed by atoms with van der Waals surface area (Å²) in [6, 6.07) is 7.88. The van der Waals surface area contributed by atoms with Crippen LogP contribution in [0.25, 0.3) is 10.2 Å². The lowest BCUT2D eigenvalue weighted by atomic mass is 10.3. The SMILES string of the molecule is CCn1c(=O)sc2ccccc21. The second-order valence-corrected chi connectivity index (χ2v) is 3.57. The van der Waals surface area contributed by atoms with Gasteiger partial charge in [-0.05, 0) is 19.1 Å². The molecule has 0 aliphatic carbocycles. The van der Waals surface area contributed by atoms with Gasteiger partial charge in [-0.1, -0.05) is 23.5 Å². The summed E-state index contributed by atoms with van der Waals surface area (Å²) in [5.41, 5.74) is 1.05. The Morgan fingerprint density at radius 3 is 2.92 bits per heavy atom. The average molecular weight is 179 g/mol. The van der Waals surface area contributed by atoms with E-state index in [9.17, 15) is 4.79 Å². The Labute approximate surface area is 74.1 Å². The number of thiazole rings is 1. The molecular weight excluding hydrogens is 170 g/mol. The third-order valence-electron chi connectivity index (χ3n) is 1.89. The number of para-hydroxylation sites is 1. The first-order valence-corrected chi connectivity index (χ1v) is 4.73. The van der Waals surface area contributed by atoms with Crippen LogP contribution in [-0.2, 0) is 6.54 Å². The highest BCUT2D eigenvalue weighted by Gasteiger charge is 2.02. The fourth-order valence-corrected chi connectivity index (χ4v) is 2.27. The van der Waals surface area contributed by atoms with Crippen LogP contribution >= 0.6 is 11.3 Å². The van der Waals surface area contributed by atoms with Crippen LogP contribution in [0.5, 0.6) is 0 Å². The van der Waals surface area contributed by atoms with Crippen LogP contribution in [0.15, 0.2) is 29.1 Å². The molecule has 0 radical (unpaired) electrons. The second kappa shape index (κ2) is 2.75. The highest BCUT2D eigenvalue weighted by atomic mass is 32.1. The largest absolute Gasteiger partial charge is 0.308 e. The molecule has 0 spiro atoms. The van der Waals surface area contributed by atoms with Crippen molar-refractivity contribution in [1.82, 2.24) is 4.57 Å². The van der Waals surface area contributed by atoms with Crippen molar-refractivity contribution < 1.29 is 0 Å². The summed E-state index contributed by atoms with van der Waals surface area (Å²) in [7, 11) is 0. The Bertz CT molecular complexity index is 455. The molecule has 0 amide bonds. The molecule has 1 aromatic heterocycles. The Kier molecular flexibility index (Phi) is 1.73. The minimum absolute atomic E-state index is 0.138. The van der Waals surface area contributed by atoms with Gasteiger partial charge in [-0.15, -0.1) is 0 Å². The quantitative estimate of drug-likeness (QED) is 0.657. The molecule has 1 aromatic carbocycles. The third-order valence-corrected chi connectivity index (χ3v) is 2.85. The van der Waals surface area contributed by atoms with Gasteiger partial charge in [-0.25, -0.2) is 0 Å². The van der Waals surface area contributed by atoms with Crippen molar-refractivity contribution in [2.75, 3.05) is 0 Å². The summed E-state index contributed by atoms with van der Waals surface area (Å²) in [6.07, 6.45) is 0. The summed E-state index contributed by atoms with van der Waals surface area (Å²) < 4.78 is 2.87. The van der Waals surface area contributed by atoms with E-state index in [2.05, 4.69) is 0 Å². The number of nitrogens with zero attached hydrogens (tertiary/aromatic N) is 1. The monoisotopic (exact) mass is 179 g/mol. The zero-order chi connectivity index (χ0) is 8.55. The van der Waals surface area contributed by atoms with Gasteiger partial charge < -0.3 is 0 Å². The number of hydrogen-bond acceptors (Lipinski definition) is 2. The van der Waals surface area contributed by atoms with Crippen LogP contribution in [0, 0.1) is 0 Å². The minimum atomic E-state index is 0.138. The highest BCUT2D eigenvalue weighted by Crippen LogP contribution is 2.15. The van der Waals surface area contributed by atoms with E-state index in [1.807, 2.05) is 31.2 Å². The van der Waals surface area contributed by atoms with Gasteiger partial charge in [-0.2, -0.15) is 0 Å². The molecule has 12 heavy (non-hydrogen) atoms. The molecule has 1 heterocycles. The van der Waals surface area contributed by atoms with Gasteiger partial charge in [0.1, 0.15) is 0 Å². The first-order valence-electron chi connectivity index (χ1n) is 3.91. The van der Waals surface area contributed by atoms with Gasteiger partial charge in [0.25, 0.3) is 0 Å². The van der Waals surface area contributed by atoms with E-state index < -0.39 is 0 Å². The summed E-state index contributed by atoms with van der Waals surface area (Å²) in [6.45, 7) is 2.74. The molecule has 0 aliphatic heterocycles. The normalized spacial score (nSPS) is 10.8. The van der Waals surface area contributed by atoms with E-state index in [-0.39, 0.29) is 4.87 Å². The zero-order valence-corrected chi connectivity index (χ0v) is 7.60. The molecule has 2 rings (SSSR count). The van der Waals surface area contributed by atoms with Gasteiger partial charge in [0.05, 0.1) is 10.2 Å². The lowest BCUT2D eigenvalue weighted by molar-refractivity contribution is 0.778. The lowest BCUT2D eigenvalue weighted by Gasteiger charge is -1.95. The molecule has 0 saturated heterocycles. The van der Waals surface area contributed by atoms with Crippen LogP contribution in [0.2, 0.25) is 0 Å². The maximum absolute atomic E-state index is 11.4. The molecule has 0 fully saturated rings. The molecule has 2 nitrogen and oxygen atoms in total. The number of rotatable bonds is 1. The van der Waals surface area contributed by atoms with E-state index in [4.69, 9.17) is 0 Å². The predicted molar refractivity (Wildman–Crippen MR) is 51.8 cm³/mol. The van der Waals surface area contributed by atoms with Crippen LogP contribution in [0.4, 0.5) is 0 Å². The summed E-state index contributed by atoms with van der Waals surface area (Å²) in [4.78, 5) is 11.5. The number of benzene rings is 1. The number of aromatic nitrogens is 1. The Balaban J connectivity index is 2.91. The van der Waals surface area contributed by atoms with Crippen molar-refractivity contribution in [2.24, 2.45) is 0 Å². The molecule has 62 valence electrons. The van der Waals surface area contributed by atoms with Crippen molar-refractivity contribution in [3.8, 4) is 0 Å². The van der Waals surface area contributed by atoms with Crippen LogP contribution in [0.1, 0.15) is 6.92 Å². The van der Waals surface area contributed by atoms with Crippen molar-refractivity contribution >= 4 is 21.6 Å². The summed E-state index contributed by atoms with van der Waals surface area (Å²) in [5, 5.41) is 0. The van der Waals surface area contributed by atoms with Gasteiger partial charge in [-0.3, -0.25) is 9.36 Å². The van der Waals surface area contributed by atoms with Gasteiger partial charge in [0.15, 0.2) is 0 Å². The van der Waals surface area contributed by atoms with E-state index in [1.165, 1.54) is 11.3 Å². The molecule has 0 N–H and O–H groups in total. The van der Waals surface area contributed by atoms with E-state index in [1.54, 1.807) is 4.57 Å². The smallest absolute Gasteiger partial charge is 0.299 e. The van der Waals surface area contributed by atoms with Crippen molar-refractivity contribution in [1.29, 1.82) is 0 Å². The molecule has 0 saturated carbocycles. The Morgan fingerprint density at radius 1 is 1.42 bits per heavy atom. The zero-order valence-electron chi connectivity index (χ0n) is 6.78. The lowest BCUT2D eigenvalue weighted by Crippen LogP contribution is -2.10. The second-order valence-electron chi connectivity index (χ2n) is 2.58. The number of aryl methyl sites for hydroxylation is 1. The molecule has 0 bridgehead atoms. The first kappa shape index (κ1) is 7.55. The first-order chi connectivity index (χ1) is 5.83. The Morgan fingerprint density at radius 2 is 2.17 bits per heavy atom. The van der Waals surface area contributed by atoms with Crippen molar-refractivity contribution in [2.45, 2.75) is 13.5 Å². The predicted octanol–water partition coefficient (Wildman–Crippen LogP) is 2.08. The van der Waals surface area contributed by atoms with Crippen LogP contribution in [-0.4, -0.2) is 4.57 Å². The number of fused-ring (bicyclic) bond motifs is 1. The van der Waals surface area contributed by atoms with Gasteiger partial charge in [0.2, 0.25) is 0 Å². The molecule has 0 unspecified atom stereocenters. The molecule has 2 aromatic rings. The van der Waals surface area contributed by atoms with E-state index in [0.717, 1.165) is 16.8 Å². The van der Waals surface area contributed by atoms with Crippen LogP contribution < -0.4 is 4.87 Å². The van der Waals surface area contributed by atoms with Gasteiger partial charge in [0, 0.05) is 6.54 Å². The van der Waals surface area contributed by atoms with E-state index in [0.29, 0.717) is 0 Å². The van der Waals surface area contributed by atoms with Gasteiger partial charge >= 0.3 is 4.87 Å². The molecular formula is C9H9NOS. The highest BCUT2D eigenvalue weighted by molar-refractivity contribution is 7.16. The average Bonchev–Trinajstić information content (AvgIpc) is 2.40. The molecule has 3 heteroatoms. The minimum Gasteiger partial charge on any atom is -0.299 e. The van der Waals surface area contributed by atoms with Crippen LogP contribution in [0.3, 0.4) is 0 Å². The molecule has 0 aliphatic rings. The topological polar surface area (TPSA) is 22.0 Å². The fraction of sp³-hybridized carbons (Fsp3) is 0.222. The van der Waals surface area contributed by atoms with Crippen molar-refractivity contribution in [3.05, 3.63) is 33.9 Å². The standard InChI is InChI=1S/C9H9NOS/c1-2-10-7-5-3-4-6-8(7)12-9(10)11/h3-6H,2H2,1H3. The fourth-order valence-electron chi connectivity index (χ4n) is 1.31. The van der Waals surface area contributed by atoms with E-state index >= 15 is 0 Å².